The first-order chi connectivity index (χ1) is 9.74. The minimum atomic E-state index is 0.125. The van der Waals surface area contributed by atoms with Crippen molar-refractivity contribution in [2.45, 2.75) is 42.7 Å². The third kappa shape index (κ3) is 3.42. The van der Waals surface area contributed by atoms with E-state index in [9.17, 15) is 4.79 Å². The number of carbonyl (C=O) groups excluding carboxylic acids is 1. The average Bonchev–Trinajstić information content (AvgIpc) is 2.90. The third-order valence-electron chi connectivity index (χ3n) is 4.19. The zero-order chi connectivity index (χ0) is 13.9. The summed E-state index contributed by atoms with van der Waals surface area (Å²) in [5.74, 6) is 2.99. The van der Waals surface area contributed by atoms with Gasteiger partial charge in [-0.05, 0) is 42.6 Å². The van der Waals surface area contributed by atoms with Crippen LogP contribution in [0.5, 0.6) is 0 Å². The first kappa shape index (κ1) is 14.9. The second kappa shape index (κ2) is 6.84. The Balaban J connectivity index is 1.57. The van der Waals surface area contributed by atoms with Gasteiger partial charge in [0.05, 0.1) is 4.88 Å². The Morgan fingerprint density at radius 3 is 3.05 bits per heavy atom. The molecule has 2 unspecified atom stereocenters. The molecule has 2 heterocycles. The number of thioether (sulfide) groups is 1. The van der Waals surface area contributed by atoms with Crippen LogP contribution in [0.1, 0.15) is 45.8 Å². The maximum Gasteiger partial charge on any atom is 0.261 e. The number of nitrogens with one attached hydrogen (secondary N) is 1. The number of hydrogen-bond acceptors (Lipinski definition) is 3. The number of aryl methyl sites for hydroxylation is 1. The molecule has 1 aliphatic carbocycles. The van der Waals surface area contributed by atoms with Gasteiger partial charge in [-0.15, -0.1) is 11.3 Å². The van der Waals surface area contributed by atoms with Crippen molar-refractivity contribution in [3.05, 3.63) is 21.4 Å². The number of thiophene rings is 1. The molecule has 0 saturated heterocycles. The van der Waals surface area contributed by atoms with Crippen LogP contribution < -0.4 is 5.32 Å². The summed E-state index contributed by atoms with van der Waals surface area (Å²) in [7, 11) is 0. The van der Waals surface area contributed by atoms with E-state index in [1.165, 1.54) is 41.9 Å². The van der Waals surface area contributed by atoms with Crippen molar-refractivity contribution < 1.29 is 4.79 Å². The van der Waals surface area contributed by atoms with Crippen molar-refractivity contribution in [3.63, 3.8) is 0 Å². The summed E-state index contributed by atoms with van der Waals surface area (Å²) < 4.78 is 0. The van der Waals surface area contributed by atoms with E-state index in [2.05, 4.69) is 27.3 Å². The number of amides is 1. The Morgan fingerprint density at radius 1 is 1.40 bits per heavy atom. The Labute approximate surface area is 137 Å². The van der Waals surface area contributed by atoms with Crippen molar-refractivity contribution >= 4 is 44.9 Å². The van der Waals surface area contributed by atoms with Crippen molar-refractivity contribution in [2.75, 3.05) is 12.3 Å². The molecule has 20 heavy (non-hydrogen) atoms. The maximum absolute atomic E-state index is 12.3. The molecule has 0 aromatic carbocycles. The monoisotopic (exact) mass is 373 g/mol. The number of carbonyl (C=O) groups is 1. The molecule has 1 saturated carbocycles. The van der Waals surface area contributed by atoms with E-state index < -0.39 is 0 Å². The fraction of sp³-hybridized carbons (Fsp3) is 0.667. The van der Waals surface area contributed by atoms with E-state index in [4.69, 9.17) is 0 Å². The topological polar surface area (TPSA) is 29.1 Å². The molecule has 2 atom stereocenters. The van der Waals surface area contributed by atoms with E-state index in [-0.39, 0.29) is 5.91 Å². The Bertz CT molecular complexity index is 465. The van der Waals surface area contributed by atoms with Gasteiger partial charge in [-0.1, -0.05) is 28.8 Å². The van der Waals surface area contributed by atoms with Gasteiger partial charge in [-0.2, -0.15) is 11.8 Å². The average molecular weight is 374 g/mol. The van der Waals surface area contributed by atoms with Crippen molar-refractivity contribution in [1.82, 2.24) is 5.32 Å². The molecule has 1 aromatic rings. The van der Waals surface area contributed by atoms with Crippen LogP contribution in [-0.4, -0.2) is 23.0 Å². The number of hydrogen-bond donors (Lipinski definition) is 1. The Hall–Kier alpha value is -0.000000000000000111. The molecule has 0 spiro atoms. The Kier molecular flexibility index (Phi) is 5.10. The molecule has 110 valence electrons. The summed E-state index contributed by atoms with van der Waals surface area (Å²) in [5, 5.41) is 3.14. The maximum atomic E-state index is 12.3. The summed E-state index contributed by atoms with van der Waals surface area (Å²) in [5.41, 5.74) is 1.38. The van der Waals surface area contributed by atoms with E-state index in [0.717, 1.165) is 23.6 Å². The minimum absolute atomic E-state index is 0.125. The van der Waals surface area contributed by atoms with Crippen LogP contribution in [-0.2, 0) is 12.2 Å². The first-order valence-electron chi connectivity index (χ1n) is 7.35. The fourth-order valence-electron chi connectivity index (χ4n) is 2.96. The molecular formula is C15H20BrNOS2. The van der Waals surface area contributed by atoms with Crippen LogP contribution in [0.4, 0.5) is 0 Å². The van der Waals surface area contributed by atoms with E-state index in [1.807, 2.05) is 11.8 Å². The molecule has 5 heteroatoms. The summed E-state index contributed by atoms with van der Waals surface area (Å²) in [6.07, 6.45) is 6.21. The van der Waals surface area contributed by atoms with Crippen molar-refractivity contribution in [3.8, 4) is 0 Å². The lowest BCUT2D eigenvalue weighted by molar-refractivity contribution is 0.0948. The number of alkyl halides is 1. The van der Waals surface area contributed by atoms with Crippen LogP contribution in [0.15, 0.2) is 6.07 Å². The molecule has 1 aliphatic heterocycles. The fourth-order valence-corrected chi connectivity index (χ4v) is 6.03. The third-order valence-corrected chi connectivity index (χ3v) is 7.64. The highest BCUT2D eigenvalue weighted by molar-refractivity contribution is 9.09. The predicted octanol–water partition coefficient (Wildman–Crippen LogP) is 4.22. The van der Waals surface area contributed by atoms with Crippen molar-refractivity contribution in [1.29, 1.82) is 0 Å². The van der Waals surface area contributed by atoms with Crippen LogP contribution in [0.25, 0.3) is 0 Å². The second-order valence-corrected chi connectivity index (χ2v) is 9.05. The lowest BCUT2D eigenvalue weighted by atomic mass is 9.89. The molecule has 1 fully saturated rings. The molecule has 2 aliphatic rings. The van der Waals surface area contributed by atoms with Crippen LogP contribution in [0.3, 0.4) is 0 Å². The lowest BCUT2D eigenvalue weighted by Crippen LogP contribution is -2.34. The van der Waals surface area contributed by atoms with E-state index >= 15 is 0 Å². The molecule has 1 amide bonds. The summed E-state index contributed by atoms with van der Waals surface area (Å²) in [6, 6.07) is 2.11. The standard InChI is InChI=1S/C15H20BrNOS2/c16-12-4-2-1-3-10(12)8-17-15(18)14-7-11-9-19-6-5-13(11)20-14/h7,10,12H,1-6,8-9H2,(H,17,18). The highest BCUT2D eigenvalue weighted by Crippen LogP contribution is 2.32. The predicted molar refractivity (Wildman–Crippen MR) is 91.2 cm³/mol. The normalized spacial score (nSPS) is 26.1. The van der Waals surface area contributed by atoms with Gasteiger partial charge in [0.1, 0.15) is 0 Å². The van der Waals surface area contributed by atoms with Crippen LogP contribution in [0, 0.1) is 5.92 Å². The lowest BCUT2D eigenvalue weighted by Gasteiger charge is -2.27. The summed E-state index contributed by atoms with van der Waals surface area (Å²) in [4.78, 5) is 15.2. The quantitative estimate of drug-likeness (QED) is 0.803. The van der Waals surface area contributed by atoms with Gasteiger partial charge in [0.25, 0.3) is 5.91 Å². The highest BCUT2D eigenvalue weighted by Gasteiger charge is 2.24. The molecule has 1 aromatic heterocycles. The van der Waals surface area contributed by atoms with Crippen LogP contribution in [0.2, 0.25) is 0 Å². The van der Waals surface area contributed by atoms with Crippen molar-refractivity contribution in [2.24, 2.45) is 5.92 Å². The largest absolute Gasteiger partial charge is 0.351 e. The molecular weight excluding hydrogens is 354 g/mol. The van der Waals surface area contributed by atoms with Crippen LogP contribution >= 0.6 is 39.0 Å². The number of halogens is 1. The van der Waals surface area contributed by atoms with Gasteiger partial charge in [0.15, 0.2) is 0 Å². The number of fused-ring (bicyclic) bond motifs is 1. The highest BCUT2D eigenvalue weighted by atomic mass is 79.9. The molecule has 0 bridgehead atoms. The van der Waals surface area contributed by atoms with Gasteiger partial charge in [0, 0.05) is 22.0 Å². The first-order valence-corrected chi connectivity index (χ1v) is 10.2. The van der Waals surface area contributed by atoms with Gasteiger partial charge in [-0.25, -0.2) is 0 Å². The van der Waals surface area contributed by atoms with Gasteiger partial charge >= 0.3 is 0 Å². The Morgan fingerprint density at radius 2 is 2.25 bits per heavy atom. The van der Waals surface area contributed by atoms with E-state index in [1.54, 1.807) is 11.3 Å². The molecule has 0 radical (unpaired) electrons. The smallest absolute Gasteiger partial charge is 0.261 e. The van der Waals surface area contributed by atoms with Gasteiger partial charge < -0.3 is 5.32 Å². The van der Waals surface area contributed by atoms with E-state index in [0.29, 0.717) is 10.7 Å². The minimum Gasteiger partial charge on any atom is -0.351 e. The van der Waals surface area contributed by atoms with Gasteiger partial charge in [-0.3, -0.25) is 4.79 Å². The zero-order valence-corrected chi connectivity index (χ0v) is 14.7. The molecule has 3 rings (SSSR count). The molecule has 1 N–H and O–H groups in total. The second-order valence-electron chi connectivity index (χ2n) is 5.63. The summed E-state index contributed by atoms with van der Waals surface area (Å²) in [6.45, 7) is 0.812. The zero-order valence-electron chi connectivity index (χ0n) is 11.5. The number of rotatable bonds is 3. The summed E-state index contributed by atoms with van der Waals surface area (Å²) >= 11 is 7.42. The van der Waals surface area contributed by atoms with Gasteiger partial charge in [0.2, 0.25) is 0 Å². The SMILES string of the molecule is O=C(NCC1CCCCC1Br)c1cc2c(s1)CCSC2. The molecule has 2 nitrogen and oxygen atoms in total.